The van der Waals surface area contributed by atoms with Gasteiger partial charge in [0.1, 0.15) is 11.6 Å². The number of anilines is 1. The second-order valence-corrected chi connectivity index (χ2v) is 6.96. The Kier molecular flexibility index (Phi) is 5.71. The first-order valence-electron chi connectivity index (χ1n) is 8.72. The average molecular weight is 362 g/mol. The number of hydrogen-bond acceptors (Lipinski definition) is 5. The number of halogens is 1. The highest BCUT2D eigenvalue weighted by Crippen LogP contribution is 2.25. The summed E-state index contributed by atoms with van der Waals surface area (Å²) in [7, 11) is 0. The van der Waals surface area contributed by atoms with E-state index in [9.17, 15) is 4.79 Å². The fraction of sp³-hybridized carbons (Fsp3) is 0.500. The van der Waals surface area contributed by atoms with Gasteiger partial charge in [-0.2, -0.15) is 0 Å². The first-order valence-corrected chi connectivity index (χ1v) is 9.10. The molecule has 3 rings (SSSR count). The molecule has 1 amide bonds. The van der Waals surface area contributed by atoms with Gasteiger partial charge in [0.05, 0.1) is 5.52 Å². The summed E-state index contributed by atoms with van der Waals surface area (Å²) in [6, 6.07) is 5.65. The third kappa shape index (κ3) is 4.38. The van der Waals surface area contributed by atoms with Gasteiger partial charge in [0.2, 0.25) is 5.91 Å². The first-order chi connectivity index (χ1) is 12.1. The van der Waals surface area contributed by atoms with Crippen molar-refractivity contribution in [3.63, 3.8) is 0 Å². The maximum absolute atomic E-state index is 11.9. The molecule has 1 aliphatic rings. The van der Waals surface area contributed by atoms with Crippen LogP contribution in [0.2, 0.25) is 5.02 Å². The van der Waals surface area contributed by atoms with Gasteiger partial charge in [-0.15, -0.1) is 0 Å². The molecule has 0 spiro atoms. The van der Waals surface area contributed by atoms with Crippen LogP contribution in [0.5, 0.6) is 0 Å². The molecular formula is C18H24ClN5O. The molecule has 0 aliphatic carbocycles. The maximum atomic E-state index is 11.9. The molecule has 0 radical (unpaired) electrons. The van der Waals surface area contributed by atoms with Crippen molar-refractivity contribution in [2.45, 2.75) is 26.2 Å². The van der Waals surface area contributed by atoms with Gasteiger partial charge in [0, 0.05) is 43.0 Å². The van der Waals surface area contributed by atoms with Gasteiger partial charge in [0.25, 0.3) is 0 Å². The second kappa shape index (κ2) is 7.97. The molecular weight excluding hydrogens is 338 g/mol. The highest BCUT2D eigenvalue weighted by molar-refractivity contribution is 6.31. The van der Waals surface area contributed by atoms with Crippen LogP contribution in [0.25, 0.3) is 10.9 Å². The molecule has 0 unspecified atom stereocenters. The minimum absolute atomic E-state index is 0.168. The molecule has 134 valence electrons. The number of aromatic nitrogens is 2. The number of carbonyl (C=O) groups is 1. The Hall–Kier alpha value is -1.92. The topological polar surface area (TPSA) is 84.1 Å². The summed E-state index contributed by atoms with van der Waals surface area (Å²) < 4.78 is 0. The van der Waals surface area contributed by atoms with E-state index in [0.717, 1.165) is 55.0 Å². The van der Waals surface area contributed by atoms with Crippen molar-refractivity contribution in [3.8, 4) is 0 Å². The van der Waals surface area contributed by atoms with Crippen LogP contribution in [0.3, 0.4) is 0 Å². The zero-order chi connectivity index (χ0) is 17.8. The van der Waals surface area contributed by atoms with Crippen LogP contribution in [0.1, 0.15) is 25.1 Å². The maximum Gasteiger partial charge on any atom is 0.223 e. The van der Waals surface area contributed by atoms with Crippen LogP contribution in [0.4, 0.5) is 5.82 Å². The Morgan fingerprint density at radius 3 is 2.84 bits per heavy atom. The van der Waals surface area contributed by atoms with Crippen LogP contribution in [-0.2, 0) is 4.79 Å². The smallest absolute Gasteiger partial charge is 0.223 e. The van der Waals surface area contributed by atoms with Crippen LogP contribution in [0.15, 0.2) is 18.2 Å². The lowest BCUT2D eigenvalue weighted by atomic mass is 9.96. The number of carbonyl (C=O) groups excluding carboxylic acids is 1. The minimum Gasteiger partial charge on any atom is -0.369 e. The molecule has 3 N–H and O–H groups in total. The first kappa shape index (κ1) is 17.9. The van der Waals surface area contributed by atoms with Crippen molar-refractivity contribution in [1.82, 2.24) is 14.9 Å². The number of nitrogens with two attached hydrogens (primary N) is 1. The normalized spacial score (nSPS) is 15.6. The Morgan fingerprint density at radius 1 is 1.36 bits per heavy atom. The Balaban J connectivity index is 1.62. The van der Waals surface area contributed by atoms with Gasteiger partial charge in [-0.1, -0.05) is 11.6 Å². The van der Waals surface area contributed by atoms with Crippen molar-refractivity contribution in [3.05, 3.63) is 29.0 Å². The van der Waals surface area contributed by atoms with Crippen LogP contribution in [-0.4, -0.2) is 47.0 Å². The molecule has 1 saturated heterocycles. The van der Waals surface area contributed by atoms with Crippen molar-refractivity contribution in [2.24, 2.45) is 11.7 Å². The standard InChI is InChI=1S/C18H24ClN5O/c1-12-22-16-3-2-14(19)10-15(16)18(23-12)21-11-13-5-8-24(9-6-13)17(25)4-7-20/h2-3,10,13H,4-9,11,20H2,1H3,(H,21,22,23). The Morgan fingerprint density at radius 2 is 2.12 bits per heavy atom. The zero-order valence-corrected chi connectivity index (χ0v) is 15.2. The number of nitrogens with zero attached hydrogens (tertiary/aromatic N) is 3. The lowest BCUT2D eigenvalue weighted by Crippen LogP contribution is -2.40. The van der Waals surface area contributed by atoms with E-state index in [1.54, 1.807) is 0 Å². The largest absolute Gasteiger partial charge is 0.369 e. The van der Waals surface area contributed by atoms with Gasteiger partial charge in [0.15, 0.2) is 0 Å². The summed E-state index contributed by atoms with van der Waals surface area (Å²) in [5.74, 6) is 2.25. The van der Waals surface area contributed by atoms with Gasteiger partial charge in [-0.3, -0.25) is 4.79 Å². The fourth-order valence-electron chi connectivity index (χ4n) is 3.26. The number of amides is 1. The molecule has 0 bridgehead atoms. The second-order valence-electron chi connectivity index (χ2n) is 6.52. The summed E-state index contributed by atoms with van der Waals surface area (Å²) in [4.78, 5) is 22.8. The Bertz CT molecular complexity index is 758. The molecule has 1 fully saturated rings. The predicted octanol–water partition coefficient (Wildman–Crippen LogP) is 2.59. The molecule has 1 aromatic heterocycles. The van der Waals surface area contributed by atoms with E-state index in [4.69, 9.17) is 17.3 Å². The van der Waals surface area contributed by atoms with Crippen molar-refractivity contribution in [1.29, 1.82) is 0 Å². The van der Waals surface area contributed by atoms with Crippen molar-refractivity contribution < 1.29 is 4.79 Å². The summed E-state index contributed by atoms with van der Waals surface area (Å²) in [6.45, 7) is 4.75. The number of rotatable bonds is 5. The molecule has 7 heteroatoms. The molecule has 0 atom stereocenters. The van der Waals surface area contributed by atoms with E-state index in [1.807, 2.05) is 30.0 Å². The molecule has 2 aromatic rings. The highest BCUT2D eigenvalue weighted by Gasteiger charge is 2.22. The number of nitrogens with one attached hydrogen (secondary N) is 1. The van der Waals surface area contributed by atoms with Gasteiger partial charge in [-0.25, -0.2) is 9.97 Å². The predicted molar refractivity (Wildman–Crippen MR) is 101 cm³/mol. The number of piperidine rings is 1. The molecule has 25 heavy (non-hydrogen) atoms. The SMILES string of the molecule is Cc1nc(NCC2CCN(C(=O)CCN)CC2)c2cc(Cl)ccc2n1. The molecule has 1 aliphatic heterocycles. The van der Waals surface area contributed by atoms with Crippen molar-refractivity contribution >= 4 is 34.2 Å². The minimum atomic E-state index is 0.168. The summed E-state index contributed by atoms with van der Waals surface area (Å²) in [5.41, 5.74) is 6.36. The van der Waals surface area contributed by atoms with E-state index >= 15 is 0 Å². The van der Waals surface area contributed by atoms with E-state index in [0.29, 0.717) is 23.9 Å². The fourth-order valence-corrected chi connectivity index (χ4v) is 3.43. The lowest BCUT2D eigenvalue weighted by Gasteiger charge is -2.32. The van der Waals surface area contributed by atoms with Crippen LogP contribution in [0, 0.1) is 12.8 Å². The summed E-state index contributed by atoms with van der Waals surface area (Å²) in [6.07, 6.45) is 2.42. The molecule has 1 aromatic carbocycles. The molecule has 6 nitrogen and oxygen atoms in total. The zero-order valence-electron chi connectivity index (χ0n) is 14.5. The van der Waals surface area contributed by atoms with E-state index in [1.165, 1.54) is 0 Å². The number of aryl methyl sites for hydroxylation is 1. The van der Waals surface area contributed by atoms with Gasteiger partial charge >= 0.3 is 0 Å². The third-order valence-corrected chi connectivity index (χ3v) is 4.89. The van der Waals surface area contributed by atoms with E-state index in [2.05, 4.69) is 15.3 Å². The highest BCUT2D eigenvalue weighted by atomic mass is 35.5. The van der Waals surface area contributed by atoms with Crippen LogP contribution >= 0.6 is 11.6 Å². The lowest BCUT2D eigenvalue weighted by molar-refractivity contribution is -0.132. The number of likely N-dealkylation sites (tertiary alicyclic amines) is 1. The van der Waals surface area contributed by atoms with Gasteiger partial charge < -0.3 is 16.0 Å². The monoisotopic (exact) mass is 361 g/mol. The number of fused-ring (bicyclic) bond motifs is 1. The van der Waals surface area contributed by atoms with Crippen molar-refractivity contribution in [2.75, 3.05) is 31.5 Å². The van der Waals surface area contributed by atoms with Crippen LogP contribution < -0.4 is 11.1 Å². The quantitative estimate of drug-likeness (QED) is 0.855. The Labute approximate surface area is 152 Å². The summed E-state index contributed by atoms with van der Waals surface area (Å²) >= 11 is 6.12. The molecule has 2 heterocycles. The average Bonchev–Trinajstić information content (AvgIpc) is 2.60. The third-order valence-electron chi connectivity index (χ3n) is 4.65. The number of benzene rings is 1. The number of hydrogen-bond donors (Lipinski definition) is 2. The summed E-state index contributed by atoms with van der Waals surface area (Å²) in [5, 5.41) is 5.08. The molecule has 0 saturated carbocycles. The van der Waals surface area contributed by atoms with E-state index < -0.39 is 0 Å². The van der Waals surface area contributed by atoms with Gasteiger partial charge in [-0.05, 0) is 43.9 Å². The van der Waals surface area contributed by atoms with E-state index in [-0.39, 0.29) is 5.91 Å².